The monoisotopic (exact) mass is 1460 g/mol. The van der Waals surface area contributed by atoms with Crippen LogP contribution in [0, 0.1) is 11.8 Å². The highest BCUT2D eigenvalue weighted by Crippen LogP contribution is 2.24. The summed E-state index contributed by atoms with van der Waals surface area (Å²) < 4.78 is 0. The number of imidazole rings is 1. The summed E-state index contributed by atoms with van der Waals surface area (Å²) in [5.41, 5.74) is 13.6. The van der Waals surface area contributed by atoms with Gasteiger partial charge in [-0.1, -0.05) is 88.4 Å². The summed E-state index contributed by atoms with van der Waals surface area (Å²) in [5.74, 6) is -13.2. The fourth-order valence-electron chi connectivity index (χ4n) is 11.8. The predicted molar refractivity (Wildman–Crippen MR) is 379 cm³/mol. The quantitative estimate of drug-likeness (QED) is 0.0189. The van der Waals surface area contributed by atoms with Gasteiger partial charge in [-0.3, -0.25) is 57.5 Å². The number of hydrogen-bond acceptors (Lipinski definition) is 19. The van der Waals surface area contributed by atoms with Gasteiger partial charge in [-0.05, 0) is 99.6 Å². The minimum atomic E-state index is -1.84. The van der Waals surface area contributed by atoms with E-state index in [1.807, 2.05) is 0 Å². The minimum Gasteiger partial charge on any atom is -0.508 e. The molecule has 1 aliphatic rings. The van der Waals surface area contributed by atoms with E-state index in [0.717, 1.165) is 0 Å². The summed E-state index contributed by atoms with van der Waals surface area (Å²) in [6.45, 7) is 9.81. The molecule has 14 atom stereocenters. The SMILES string of the molecule is CC(C)C[C@H](NC(=O)[C@H](CCC(N)=O)NC(=O)[C@H](CC(C)C)NC(=O)[C@H](Cc1ccc(O)cc1)NC(=O)[C@@H](NC(=O)[C@@H]1CCCN1C(=O)[C@H](Cc1c[nH]c2ccccc12)NC(=O)[C@@H](NC(=O)[C@H](Cc1ccccc1)NC(=O)[C@H](C)NC(=O)[C@H](Cc1cnc[nH]1)NC(=O)[C@@H](N)CO)[C@@H](C)O)[C@@H](C)O)C(=O)O. The van der Waals surface area contributed by atoms with Gasteiger partial charge in [0.25, 0.3) is 0 Å². The second-order valence-corrected chi connectivity index (χ2v) is 27.1. The number of fused-ring (bicyclic) bond motifs is 1. The van der Waals surface area contributed by atoms with Crippen molar-refractivity contribution in [3.8, 4) is 5.75 Å². The van der Waals surface area contributed by atoms with E-state index in [1.165, 1.54) is 62.5 Å². The number of primary amides is 1. The zero-order chi connectivity index (χ0) is 77.4. The average molecular weight is 1460 g/mol. The van der Waals surface area contributed by atoms with Crippen LogP contribution in [0.2, 0.25) is 0 Å². The first kappa shape index (κ1) is 83.1. The lowest BCUT2D eigenvalue weighted by Crippen LogP contribution is -2.63. The standard InChI is InChI=1S/C71H98N16O18/c1-36(2)26-50(64(97)78-49(23-24-57(73)92)62(95)84-55(71(104)105)27-37(3)4)81-65(98)51(29-42-19-21-45(91)22-20-42)82-68(101)59(40(7)90)86-67(100)56-18-13-25-87(56)70(103)54(30-43-32-75-48-17-12-11-16-46(43)48)83-69(102)58(39(6)89)85-66(99)52(28-41-14-9-8-10-15-41)79-60(93)38(5)77-63(96)53(31-44-33-74-35-76-44)80-61(94)47(72)34-88/h8-12,14-17,19-22,32-33,35-40,47,49-56,58-59,75,88-91H,13,18,23-31,34,72H2,1-7H3,(H2,73,92)(H,74,76)(H,77,96)(H,78,97)(H,79,93)(H,80,94)(H,81,98)(H,82,101)(H,83,102)(H,84,95)(H,85,99)(H,86,100)(H,104,105)/t38-,39+,40+,47-,49-,50-,51-,52-,53-,54-,55-,56-,58-,59-/m0/s1. The van der Waals surface area contributed by atoms with Crippen LogP contribution >= 0.6 is 0 Å². The number of hydrogen-bond donors (Lipinski definition) is 19. The van der Waals surface area contributed by atoms with E-state index < -0.39 is 175 Å². The van der Waals surface area contributed by atoms with E-state index >= 15 is 4.79 Å². The average Bonchev–Trinajstić information content (AvgIpc) is 1.72. The molecule has 0 aliphatic carbocycles. The number of aliphatic hydroxyl groups excluding tert-OH is 3. The number of phenolic OH excluding ortho intramolecular Hbond substituents is 1. The number of nitrogens with one attached hydrogen (secondary N) is 12. The Morgan fingerprint density at radius 2 is 1.06 bits per heavy atom. The van der Waals surface area contributed by atoms with Gasteiger partial charge < -0.3 is 105 Å². The zero-order valence-corrected chi connectivity index (χ0v) is 59.6. The summed E-state index contributed by atoms with van der Waals surface area (Å²) in [7, 11) is 0. The molecule has 5 aromatic rings. The van der Waals surface area contributed by atoms with Gasteiger partial charge in [-0.15, -0.1) is 0 Å². The van der Waals surface area contributed by atoms with Crippen molar-refractivity contribution >= 4 is 87.8 Å². The number of benzene rings is 3. The molecule has 34 nitrogen and oxygen atoms in total. The van der Waals surface area contributed by atoms with Crippen molar-refractivity contribution in [2.75, 3.05) is 13.2 Å². The Morgan fingerprint density at radius 3 is 1.65 bits per heavy atom. The number of likely N-dealkylation sites (tertiary alicyclic amines) is 1. The van der Waals surface area contributed by atoms with Crippen molar-refractivity contribution in [3.05, 3.63) is 120 Å². The van der Waals surface area contributed by atoms with Crippen LogP contribution in [0.1, 0.15) is 109 Å². The van der Waals surface area contributed by atoms with Crippen LogP contribution < -0.4 is 64.6 Å². The molecule has 3 heterocycles. The number of rotatable bonds is 40. The number of para-hydroxylation sites is 1. The number of carbonyl (C=O) groups excluding carboxylic acids is 12. The van der Waals surface area contributed by atoms with Crippen LogP contribution in [-0.4, -0.2) is 220 Å². The number of carboxylic acids is 1. The summed E-state index contributed by atoms with van der Waals surface area (Å²) in [4.78, 5) is 192. The Balaban J connectivity index is 1.23. The topological polar surface area (TPSA) is 543 Å². The molecule has 105 heavy (non-hydrogen) atoms. The Hall–Kier alpha value is -10.8. The summed E-state index contributed by atoms with van der Waals surface area (Å²) in [5, 5.41) is 78.1. The molecule has 21 N–H and O–H groups in total. The van der Waals surface area contributed by atoms with Crippen molar-refractivity contribution in [3.63, 3.8) is 0 Å². The minimum absolute atomic E-state index is 0.00136. The van der Waals surface area contributed by atoms with Crippen LogP contribution in [0.25, 0.3) is 10.9 Å². The molecule has 1 aliphatic heterocycles. The molecule has 0 unspecified atom stereocenters. The third kappa shape index (κ3) is 25.2. The van der Waals surface area contributed by atoms with E-state index in [0.29, 0.717) is 33.3 Å². The number of carboxylic acid groups (broad SMARTS) is 1. The van der Waals surface area contributed by atoms with E-state index in [4.69, 9.17) is 11.5 Å². The summed E-state index contributed by atoms with van der Waals surface area (Å²) in [6.07, 6.45) is -0.460. The Kier molecular flexibility index (Phi) is 31.4. The molecule has 3 aromatic carbocycles. The van der Waals surface area contributed by atoms with Crippen molar-refractivity contribution < 1.29 is 87.9 Å². The Labute approximate surface area is 605 Å². The number of phenols is 1. The number of amides is 12. The lowest BCUT2D eigenvalue weighted by Gasteiger charge is -2.32. The first-order valence-corrected chi connectivity index (χ1v) is 34.7. The fraction of sp³-hybridized carbons (Fsp3) is 0.493. The molecule has 6 rings (SSSR count). The third-order valence-electron chi connectivity index (χ3n) is 17.5. The first-order valence-electron chi connectivity index (χ1n) is 34.7. The Morgan fingerprint density at radius 1 is 0.552 bits per heavy atom. The normalized spacial score (nSPS) is 16.5. The largest absolute Gasteiger partial charge is 0.508 e. The predicted octanol–water partition coefficient (Wildman–Crippen LogP) is -2.75. The highest BCUT2D eigenvalue weighted by Gasteiger charge is 2.43. The highest BCUT2D eigenvalue weighted by atomic mass is 16.4. The van der Waals surface area contributed by atoms with Gasteiger partial charge in [-0.25, -0.2) is 9.78 Å². The zero-order valence-electron chi connectivity index (χ0n) is 59.6. The molecule has 12 amide bonds. The second kappa shape index (κ2) is 39.7. The van der Waals surface area contributed by atoms with Crippen LogP contribution in [0.15, 0.2) is 97.6 Å². The van der Waals surface area contributed by atoms with Gasteiger partial charge in [0.2, 0.25) is 70.9 Å². The maximum atomic E-state index is 15.3. The maximum Gasteiger partial charge on any atom is 0.326 e. The van der Waals surface area contributed by atoms with Gasteiger partial charge in [0.15, 0.2) is 0 Å². The molecule has 0 saturated carbocycles. The number of carbonyl (C=O) groups is 13. The molecule has 2 aromatic heterocycles. The molecule has 1 saturated heterocycles. The number of aliphatic hydroxyl groups is 3. The van der Waals surface area contributed by atoms with Crippen LogP contribution in [0.3, 0.4) is 0 Å². The van der Waals surface area contributed by atoms with E-state index in [1.54, 1.807) is 88.5 Å². The lowest BCUT2D eigenvalue weighted by molar-refractivity contribution is -0.143. The summed E-state index contributed by atoms with van der Waals surface area (Å²) in [6, 6.07) is 2.87. The molecule has 0 radical (unpaired) electrons. The van der Waals surface area contributed by atoms with Gasteiger partial charge >= 0.3 is 5.97 Å². The smallest absolute Gasteiger partial charge is 0.326 e. The molecular weight excluding hydrogens is 1360 g/mol. The van der Waals surface area contributed by atoms with Gasteiger partial charge in [-0.2, -0.15) is 0 Å². The first-order chi connectivity index (χ1) is 49.7. The molecular formula is C71H98N16O18. The van der Waals surface area contributed by atoms with E-state index in [9.17, 15) is 83.1 Å². The van der Waals surface area contributed by atoms with Crippen LogP contribution in [0.4, 0.5) is 0 Å². The van der Waals surface area contributed by atoms with Crippen molar-refractivity contribution in [2.24, 2.45) is 23.3 Å². The molecule has 1 fully saturated rings. The number of aromatic hydroxyl groups is 1. The number of nitrogens with two attached hydrogens (primary N) is 2. The van der Waals surface area contributed by atoms with Crippen molar-refractivity contribution in [1.82, 2.24) is 73.0 Å². The Bertz CT molecular complexity index is 3810. The summed E-state index contributed by atoms with van der Waals surface area (Å²) >= 11 is 0. The number of nitrogens with zero attached hydrogens (tertiary/aromatic N) is 2. The molecule has 0 bridgehead atoms. The fourth-order valence-corrected chi connectivity index (χ4v) is 11.8. The highest BCUT2D eigenvalue weighted by molar-refractivity contribution is 6.00. The van der Waals surface area contributed by atoms with Crippen LogP contribution in [0.5, 0.6) is 5.75 Å². The van der Waals surface area contributed by atoms with Crippen LogP contribution in [-0.2, 0) is 88.0 Å². The second-order valence-electron chi connectivity index (χ2n) is 27.1. The molecule has 34 heteroatoms. The van der Waals surface area contributed by atoms with Gasteiger partial charge in [0.1, 0.15) is 78.3 Å². The van der Waals surface area contributed by atoms with E-state index in [2.05, 4.69) is 68.1 Å². The van der Waals surface area contributed by atoms with Crippen molar-refractivity contribution in [2.45, 2.75) is 197 Å². The number of aliphatic carboxylic acids is 1. The number of aromatic nitrogens is 3. The van der Waals surface area contributed by atoms with Gasteiger partial charge in [0, 0.05) is 67.6 Å². The number of aromatic amines is 2. The third-order valence-corrected chi connectivity index (χ3v) is 17.5. The van der Waals surface area contributed by atoms with E-state index in [-0.39, 0.29) is 81.9 Å². The maximum absolute atomic E-state index is 15.3. The molecule has 0 spiro atoms. The lowest BCUT2D eigenvalue weighted by atomic mass is 9.99. The molecule has 570 valence electrons. The van der Waals surface area contributed by atoms with Gasteiger partial charge in [0.05, 0.1) is 25.1 Å². The number of H-pyrrole nitrogens is 2. The van der Waals surface area contributed by atoms with Crippen molar-refractivity contribution in [1.29, 1.82) is 0 Å².